The summed E-state index contributed by atoms with van der Waals surface area (Å²) in [4.78, 5) is 11.9. The third-order valence-electron chi connectivity index (χ3n) is 3.49. The first-order valence-corrected chi connectivity index (χ1v) is 5.66. The van der Waals surface area contributed by atoms with E-state index in [0.717, 1.165) is 12.8 Å². The molecule has 0 fully saturated rings. The lowest BCUT2D eigenvalue weighted by Crippen LogP contribution is -2.56. The predicted octanol–water partition coefficient (Wildman–Crippen LogP) is 1.44. The Labute approximate surface area is 92.1 Å². The van der Waals surface area contributed by atoms with Crippen LogP contribution in [0.25, 0.3) is 0 Å². The number of carbonyl (C=O) groups excluding carboxylic acids is 1. The molecule has 1 aliphatic rings. The van der Waals surface area contributed by atoms with Crippen LogP contribution in [0.2, 0.25) is 0 Å². The van der Waals surface area contributed by atoms with Crippen LogP contribution in [0.15, 0.2) is 12.2 Å². The Morgan fingerprint density at radius 1 is 1.53 bits per heavy atom. The first-order chi connectivity index (χ1) is 6.99. The van der Waals surface area contributed by atoms with Gasteiger partial charge in [-0.25, -0.2) is 0 Å². The zero-order valence-corrected chi connectivity index (χ0v) is 9.92. The fraction of sp³-hybridized carbons (Fsp3) is 0.750. The Kier molecular flexibility index (Phi) is 3.91. The van der Waals surface area contributed by atoms with Gasteiger partial charge in [0.1, 0.15) is 0 Å². The SMILES string of the molecule is CC(C)C(C)(CN)NC(=O)C1CC=CC1. The van der Waals surface area contributed by atoms with Crippen molar-refractivity contribution in [3.63, 3.8) is 0 Å². The van der Waals surface area contributed by atoms with E-state index in [9.17, 15) is 4.79 Å². The second-order valence-corrected chi connectivity index (χ2v) is 4.91. The van der Waals surface area contributed by atoms with E-state index >= 15 is 0 Å². The van der Waals surface area contributed by atoms with Gasteiger partial charge in [-0.15, -0.1) is 0 Å². The fourth-order valence-electron chi connectivity index (χ4n) is 1.65. The smallest absolute Gasteiger partial charge is 0.224 e. The lowest BCUT2D eigenvalue weighted by atomic mass is 9.87. The molecular weight excluding hydrogens is 188 g/mol. The summed E-state index contributed by atoms with van der Waals surface area (Å²) < 4.78 is 0. The highest BCUT2D eigenvalue weighted by Gasteiger charge is 2.31. The molecule has 1 aliphatic carbocycles. The fourth-order valence-corrected chi connectivity index (χ4v) is 1.65. The van der Waals surface area contributed by atoms with Crippen LogP contribution in [0, 0.1) is 11.8 Å². The summed E-state index contributed by atoms with van der Waals surface area (Å²) in [6.45, 7) is 6.66. The summed E-state index contributed by atoms with van der Waals surface area (Å²) in [6.07, 6.45) is 5.87. The molecule has 1 rings (SSSR count). The highest BCUT2D eigenvalue weighted by molar-refractivity contribution is 5.80. The highest BCUT2D eigenvalue weighted by atomic mass is 16.2. The molecule has 0 saturated carbocycles. The molecule has 0 saturated heterocycles. The molecular formula is C12H22N2O. The van der Waals surface area contributed by atoms with Gasteiger partial charge < -0.3 is 11.1 Å². The van der Waals surface area contributed by atoms with Gasteiger partial charge in [-0.05, 0) is 25.7 Å². The van der Waals surface area contributed by atoms with Crippen molar-refractivity contribution in [3.8, 4) is 0 Å². The van der Waals surface area contributed by atoms with Crippen molar-refractivity contribution in [2.24, 2.45) is 17.6 Å². The van der Waals surface area contributed by atoms with Crippen molar-refractivity contribution in [1.82, 2.24) is 5.32 Å². The zero-order chi connectivity index (χ0) is 11.5. The Morgan fingerprint density at radius 2 is 2.07 bits per heavy atom. The van der Waals surface area contributed by atoms with Crippen molar-refractivity contribution >= 4 is 5.91 Å². The van der Waals surface area contributed by atoms with Gasteiger partial charge in [-0.1, -0.05) is 26.0 Å². The Balaban J connectivity index is 2.55. The first kappa shape index (κ1) is 12.2. The largest absolute Gasteiger partial charge is 0.349 e. The molecule has 0 radical (unpaired) electrons. The summed E-state index contributed by atoms with van der Waals surface area (Å²) in [5.74, 6) is 0.608. The molecule has 3 nitrogen and oxygen atoms in total. The molecule has 3 heteroatoms. The van der Waals surface area contributed by atoms with Crippen LogP contribution in [0.3, 0.4) is 0 Å². The number of rotatable bonds is 4. The second kappa shape index (κ2) is 4.79. The number of allylic oxidation sites excluding steroid dienone is 2. The van der Waals surface area contributed by atoms with Crippen LogP contribution < -0.4 is 11.1 Å². The maximum Gasteiger partial charge on any atom is 0.224 e. The van der Waals surface area contributed by atoms with Gasteiger partial charge in [-0.2, -0.15) is 0 Å². The third kappa shape index (κ3) is 2.81. The van der Waals surface area contributed by atoms with Gasteiger partial charge in [0, 0.05) is 12.5 Å². The van der Waals surface area contributed by atoms with Crippen molar-refractivity contribution < 1.29 is 4.79 Å². The van der Waals surface area contributed by atoms with Gasteiger partial charge >= 0.3 is 0 Å². The van der Waals surface area contributed by atoms with E-state index in [0.29, 0.717) is 12.5 Å². The summed E-state index contributed by atoms with van der Waals surface area (Å²) in [5.41, 5.74) is 5.45. The lowest BCUT2D eigenvalue weighted by molar-refractivity contribution is -0.126. The van der Waals surface area contributed by atoms with E-state index in [1.54, 1.807) is 0 Å². The molecule has 1 amide bonds. The van der Waals surface area contributed by atoms with E-state index < -0.39 is 0 Å². The molecule has 0 aliphatic heterocycles. The van der Waals surface area contributed by atoms with Crippen LogP contribution in [-0.2, 0) is 4.79 Å². The molecule has 0 aromatic rings. The Morgan fingerprint density at radius 3 is 2.47 bits per heavy atom. The molecule has 15 heavy (non-hydrogen) atoms. The minimum absolute atomic E-state index is 0.120. The van der Waals surface area contributed by atoms with Gasteiger partial charge in [0.2, 0.25) is 5.91 Å². The van der Waals surface area contributed by atoms with E-state index in [1.165, 1.54) is 0 Å². The molecule has 0 aromatic carbocycles. The van der Waals surface area contributed by atoms with E-state index in [-0.39, 0.29) is 17.4 Å². The Hall–Kier alpha value is -0.830. The molecule has 0 spiro atoms. The van der Waals surface area contributed by atoms with Crippen molar-refractivity contribution in [2.45, 2.75) is 39.2 Å². The van der Waals surface area contributed by atoms with Gasteiger partial charge in [0.05, 0.1) is 5.54 Å². The molecule has 1 atom stereocenters. The topological polar surface area (TPSA) is 55.1 Å². The third-order valence-corrected chi connectivity index (χ3v) is 3.49. The minimum Gasteiger partial charge on any atom is -0.349 e. The van der Waals surface area contributed by atoms with Crippen LogP contribution in [-0.4, -0.2) is 18.0 Å². The standard InChI is InChI=1S/C12H22N2O/c1-9(2)12(3,8-13)14-11(15)10-6-4-5-7-10/h4-5,9-10H,6-8,13H2,1-3H3,(H,14,15). The normalized spacial score (nSPS) is 20.6. The van der Waals surface area contributed by atoms with E-state index in [1.807, 2.05) is 6.92 Å². The number of amides is 1. The maximum absolute atomic E-state index is 11.9. The second-order valence-electron chi connectivity index (χ2n) is 4.91. The zero-order valence-electron chi connectivity index (χ0n) is 9.92. The van der Waals surface area contributed by atoms with Crippen LogP contribution in [0.1, 0.15) is 33.6 Å². The summed E-state index contributed by atoms with van der Waals surface area (Å²) in [6, 6.07) is 0. The van der Waals surface area contributed by atoms with Gasteiger partial charge in [0.15, 0.2) is 0 Å². The van der Waals surface area contributed by atoms with Crippen molar-refractivity contribution in [1.29, 1.82) is 0 Å². The van der Waals surface area contributed by atoms with Crippen molar-refractivity contribution in [3.05, 3.63) is 12.2 Å². The molecule has 86 valence electrons. The average Bonchev–Trinajstić information content (AvgIpc) is 2.70. The molecule has 0 aromatic heterocycles. The predicted molar refractivity (Wildman–Crippen MR) is 62.3 cm³/mol. The first-order valence-electron chi connectivity index (χ1n) is 5.66. The Bertz CT molecular complexity index is 252. The van der Waals surface area contributed by atoms with Crippen LogP contribution in [0.5, 0.6) is 0 Å². The summed E-state index contributed by atoms with van der Waals surface area (Å²) in [5, 5.41) is 3.08. The summed E-state index contributed by atoms with van der Waals surface area (Å²) in [7, 11) is 0. The number of nitrogens with one attached hydrogen (secondary N) is 1. The average molecular weight is 210 g/mol. The molecule has 3 N–H and O–H groups in total. The van der Waals surface area contributed by atoms with Crippen molar-refractivity contribution in [2.75, 3.05) is 6.54 Å². The lowest BCUT2D eigenvalue weighted by Gasteiger charge is -2.34. The number of carbonyl (C=O) groups is 1. The van der Waals surface area contributed by atoms with Gasteiger partial charge in [0.25, 0.3) is 0 Å². The van der Waals surface area contributed by atoms with Crippen LogP contribution >= 0.6 is 0 Å². The monoisotopic (exact) mass is 210 g/mol. The van der Waals surface area contributed by atoms with Gasteiger partial charge in [-0.3, -0.25) is 4.79 Å². The molecule has 0 heterocycles. The molecule has 0 bridgehead atoms. The maximum atomic E-state index is 11.9. The van der Waals surface area contributed by atoms with E-state index in [2.05, 4.69) is 31.3 Å². The summed E-state index contributed by atoms with van der Waals surface area (Å²) >= 11 is 0. The highest BCUT2D eigenvalue weighted by Crippen LogP contribution is 2.21. The molecule has 1 unspecified atom stereocenters. The number of hydrogen-bond acceptors (Lipinski definition) is 2. The van der Waals surface area contributed by atoms with Crippen LogP contribution in [0.4, 0.5) is 0 Å². The number of hydrogen-bond donors (Lipinski definition) is 2. The quantitative estimate of drug-likeness (QED) is 0.690. The van der Waals surface area contributed by atoms with E-state index in [4.69, 9.17) is 5.73 Å². The minimum atomic E-state index is -0.278. The number of nitrogens with two attached hydrogens (primary N) is 1.